The molecular formula is C9H14N4OS. The first-order chi connectivity index (χ1) is 7.25. The molecule has 0 aliphatic heterocycles. The highest BCUT2D eigenvalue weighted by atomic mass is 32.1. The monoisotopic (exact) mass is 226 g/mol. The lowest BCUT2D eigenvalue weighted by Crippen LogP contribution is -2.36. The van der Waals surface area contributed by atoms with Crippen LogP contribution in [0.3, 0.4) is 0 Å². The number of anilines is 1. The number of carbonyl (C=O) groups is 1. The van der Waals surface area contributed by atoms with Crippen molar-refractivity contribution < 1.29 is 4.79 Å². The van der Waals surface area contributed by atoms with Crippen LogP contribution in [0.25, 0.3) is 0 Å². The van der Waals surface area contributed by atoms with Gasteiger partial charge in [-0.3, -0.25) is 4.79 Å². The summed E-state index contributed by atoms with van der Waals surface area (Å²) in [6.45, 7) is 0. The minimum Gasteiger partial charge on any atom is -0.374 e. The van der Waals surface area contributed by atoms with E-state index in [-0.39, 0.29) is 5.91 Å². The molecule has 15 heavy (non-hydrogen) atoms. The fourth-order valence-corrected chi connectivity index (χ4v) is 2.33. The van der Waals surface area contributed by atoms with Gasteiger partial charge in [0.1, 0.15) is 0 Å². The molecule has 3 N–H and O–H groups in total. The van der Waals surface area contributed by atoms with E-state index < -0.39 is 0 Å². The van der Waals surface area contributed by atoms with Crippen molar-refractivity contribution >= 4 is 22.4 Å². The van der Waals surface area contributed by atoms with Crippen molar-refractivity contribution in [1.29, 1.82) is 0 Å². The van der Waals surface area contributed by atoms with Crippen LogP contribution in [0.2, 0.25) is 0 Å². The zero-order valence-electron chi connectivity index (χ0n) is 8.40. The maximum Gasteiger partial charge on any atom is 0.282 e. The van der Waals surface area contributed by atoms with Crippen molar-refractivity contribution in [1.82, 2.24) is 15.5 Å². The molecule has 1 heterocycles. The molecule has 2 rings (SSSR count). The molecule has 1 aromatic rings. The summed E-state index contributed by atoms with van der Waals surface area (Å²) < 4.78 is 0. The highest BCUT2D eigenvalue weighted by molar-refractivity contribution is 7.16. The van der Waals surface area contributed by atoms with Crippen LogP contribution in [-0.2, 0) is 0 Å². The normalized spacial score (nSPS) is 17.6. The fraction of sp³-hybridized carbons (Fsp3) is 0.667. The van der Waals surface area contributed by atoms with Gasteiger partial charge in [-0.15, -0.1) is 10.2 Å². The molecule has 0 spiro atoms. The topological polar surface area (TPSA) is 80.9 Å². The minimum atomic E-state index is -0.143. The van der Waals surface area contributed by atoms with E-state index in [0.29, 0.717) is 16.2 Å². The van der Waals surface area contributed by atoms with Gasteiger partial charge in [-0.05, 0) is 12.8 Å². The van der Waals surface area contributed by atoms with E-state index in [1.165, 1.54) is 19.3 Å². The van der Waals surface area contributed by atoms with Crippen molar-refractivity contribution in [2.45, 2.75) is 38.1 Å². The Kier molecular flexibility index (Phi) is 3.15. The second kappa shape index (κ2) is 4.57. The molecule has 5 nitrogen and oxygen atoms in total. The molecule has 0 bridgehead atoms. The smallest absolute Gasteiger partial charge is 0.282 e. The van der Waals surface area contributed by atoms with E-state index in [0.717, 1.165) is 24.2 Å². The van der Waals surface area contributed by atoms with E-state index in [2.05, 4.69) is 15.5 Å². The average molecular weight is 226 g/mol. The van der Waals surface area contributed by atoms with Crippen LogP contribution < -0.4 is 11.1 Å². The highest BCUT2D eigenvalue weighted by Crippen LogP contribution is 2.18. The molecular weight excluding hydrogens is 212 g/mol. The summed E-state index contributed by atoms with van der Waals surface area (Å²) in [5.41, 5.74) is 5.41. The molecule has 1 amide bonds. The zero-order valence-corrected chi connectivity index (χ0v) is 9.22. The lowest BCUT2D eigenvalue weighted by molar-refractivity contribution is 0.0926. The molecule has 1 fully saturated rings. The summed E-state index contributed by atoms with van der Waals surface area (Å²) >= 11 is 1.13. The van der Waals surface area contributed by atoms with Gasteiger partial charge in [0.2, 0.25) is 10.1 Å². The number of rotatable bonds is 2. The van der Waals surface area contributed by atoms with Gasteiger partial charge in [-0.2, -0.15) is 0 Å². The number of aromatic nitrogens is 2. The van der Waals surface area contributed by atoms with E-state index in [1.807, 2.05) is 0 Å². The van der Waals surface area contributed by atoms with Gasteiger partial charge >= 0.3 is 0 Å². The summed E-state index contributed by atoms with van der Waals surface area (Å²) in [4.78, 5) is 11.7. The standard InChI is InChI=1S/C9H14N4OS/c10-9-13-12-8(15-9)7(14)11-6-4-2-1-3-5-6/h6H,1-5H2,(H2,10,13)(H,11,14). The van der Waals surface area contributed by atoms with Crippen LogP contribution in [0.5, 0.6) is 0 Å². The molecule has 1 aliphatic rings. The Morgan fingerprint density at radius 1 is 1.33 bits per heavy atom. The first-order valence-electron chi connectivity index (χ1n) is 5.15. The molecule has 1 aliphatic carbocycles. The lowest BCUT2D eigenvalue weighted by atomic mass is 9.95. The first kappa shape index (κ1) is 10.4. The molecule has 1 aromatic heterocycles. The number of amides is 1. The molecule has 82 valence electrons. The van der Waals surface area contributed by atoms with Crippen molar-refractivity contribution in [3.8, 4) is 0 Å². The minimum absolute atomic E-state index is 0.143. The number of nitrogens with one attached hydrogen (secondary N) is 1. The molecule has 0 saturated heterocycles. The Labute approximate surface area is 92.1 Å². The Hall–Kier alpha value is -1.17. The van der Waals surface area contributed by atoms with Crippen LogP contribution >= 0.6 is 11.3 Å². The molecule has 0 radical (unpaired) electrons. The van der Waals surface area contributed by atoms with Crippen LogP contribution in [0.15, 0.2) is 0 Å². The Morgan fingerprint density at radius 2 is 2.07 bits per heavy atom. The third kappa shape index (κ3) is 2.65. The molecule has 0 unspecified atom stereocenters. The van der Waals surface area contributed by atoms with Crippen LogP contribution in [-0.4, -0.2) is 22.1 Å². The van der Waals surface area contributed by atoms with Gasteiger partial charge in [0.05, 0.1) is 0 Å². The van der Waals surface area contributed by atoms with Crippen molar-refractivity contribution in [2.75, 3.05) is 5.73 Å². The highest BCUT2D eigenvalue weighted by Gasteiger charge is 2.18. The zero-order chi connectivity index (χ0) is 10.7. The summed E-state index contributed by atoms with van der Waals surface area (Å²) in [6.07, 6.45) is 5.81. The number of hydrogen-bond acceptors (Lipinski definition) is 5. The summed E-state index contributed by atoms with van der Waals surface area (Å²) in [5, 5.41) is 11.0. The molecule has 1 saturated carbocycles. The van der Waals surface area contributed by atoms with Crippen LogP contribution in [0.1, 0.15) is 41.9 Å². The van der Waals surface area contributed by atoms with E-state index in [4.69, 9.17) is 5.73 Å². The van der Waals surface area contributed by atoms with Crippen molar-refractivity contribution in [3.63, 3.8) is 0 Å². The third-order valence-electron chi connectivity index (χ3n) is 2.58. The predicted molar refractivity (Wildman–Crippen MR) is 58.7 cm³/mol. The van der Waals surface area contributed by atoms with E-state index in [9.17, 15) is 4.79 Å². The SMILES string of the molecule is Nc1nnc(C(=O)NC2CCCCC2)s1. The van der Waals surface area contributed by atoms with Gasteiger partial charge in [0.25, 0.3) is 5.91 Å². The summed E-state index contributed by atoms with van der Waals surface area (Å²) in [6, 6.07) is 0.302. The molecule has 0 atom stereocenters. The number of hydrogen-bond donors (Lipinski definition) is 2. The van der Waals surface area contributed by atoms with Crippen LogP contribution in [0.4, 0.5) is 5.13 Å². The third-order valence-corrected chi connectivity index (χ3v) is 3.33. The second-order valence-electron chi connectivity index (χ2n) is 3.75. The van der Waals surface area contributed by atoms with Gasteiger partial charge in [-0.1, -0.05) is 30.6 Å². The van der Waals surface area contributed by atoms with Gasteiger partial charge in [0, 0.05) is 6.04 Å². The average Bonchev–Trinajstić information content (AvgIpc) is 2.66. The largest absolute Gasteiger partial charge is 0.374 e. The quantitative estimate of drug-likeness (QED) is 0.793. The second-order valence-corrected chi connectivity index (χ2v) is 4.76. The Morgan fingerprint density at radius 3 is 2.67 bits per heavy atom. The van der Waals surface area contributed by atoms with E-state index >= 15 is 0 Å². The number of nitrogens with two attached hydrogens (primary N) is 1. The maximum absolute atomic E-state index is 11.7. The Bertz CT molecular complexity index is 346. The Balaban J connectivity index is 1.91. The molecule has 6 heteroatoms. The predicted octanol–water partition coefficient (Wildman–Crippen LogP) is 1.18. The van der Waals surface area contributed by atoms with Crippen molar-refractivity contribution in [2.24, 2.45) is 0 Å². The summed E-state index contributed by atoms with van der Waals surface area (Å²) in [5.74, 6) is -0.143. The van der Waals surface area contributed by atoms with Crippen molar-refractivity contribution in [3.05, 3.63) is 5.01 Å². The van der Waals surface area contributed by atoms with Gasteiger partial charge in [0.15, 0.2) is 0 Å². The van der Waals surface area contributed by atoms with Crippen LogP contribution in [0, 0.1) is 0 Å². The summed E-state index contributed by atoms with van der Waals surface area (Å²) in [7, 11) is 0. The van der Waals surface area contributed by atoms with Gasteiger partial charge < -0.3 is 11.1 Å². The fourth-order valence-electron chi connectivity index (χ4n) is 1.82. The van der Waals surface area contributed by atoms with Gasteiger partial charge in [-0.25, -0.2) is 0 Å². The number of nitrogen functional groups attached to an aromatic ring is 1. The number of carbonyl (C=O) groups excluding carboxylic acids is 1. The maximum atomic E-state index is 11.7. The van der Waals surface area contributed by atoms with E-state index in [1.54, 1.807) is 0 Å². The number of nitrogens with zero attached hydrogens (tertiary/aromatic N) is 2. The molecule has 0 aromatic carbocycles. The first-order valence-corrected chi connectivity index (χ1v) is 5.97. The lowest BCUT2D eigenvalue weighted by Gasteiger charge is -2.21.